The average Bonchev–Trinajstić information content (AvgIpc) is 3.42. The summed E-state index contributed by atoms with van der Waals surface area (Å²) in [7, 11) is 7.32. The molecule has 7 aliphatic rings. The van der Waals surface area contributed by atoms with Crippen LogP contribution < -0.4 is 0 Å². The van der Waals surface area contributed by atoms with Gasteiger partial charge in [-0.25, -0.2) is 0 Å². The first-order valence-corrected chi connectivity index (χ1v) is 13.2. The molecule has 3 spiro atoms. The molecule has 8 heteroatoms. The van der Waals surface area contributed by atoms with Crippen LogP contribution in [0.4, 0.5) is 0 Å². The Hall–Kier alpha value is -0.320. The lowest BCUT2D eigenvalue weighted by Crippen LogP contribution is -2.81. The number of likely N-dealkylation sites (tertiary alicyclic amines) is 1. The zero-order valence-electron chi connectivity index (χ0n) is 21.2. The van der Waals surface area contributed by atoms with E-state index in [4.69, 9.17) is 28.4 Å². The van der Waals surface area contributed by atoms with Crippen molar-refractivity contribution in [3.63, 3.8) is 0 Å². The molecule has 13 atom stereocenters. The highest BCUT2D eigenvalue weighted by molar-refractivity contribution is 5.42. The van der Waals surface area contributed by atoms with Crippen LogP contribution in [-0.4, -0.2) is 107 Å². The highest BCUT2D eigenvalue weighted by Crippen LogP contribution is 2.82. The van der Waals surface area contributed by atoms with Gasteiger partial charge in [-0.15, -0.1) is 0 Å². The van der Waals surface area contributed by atoms with Crippen molar-refractivity contribution in [3.8, 4) is 0 Å². The van der Waals surface area contributed by atoms with Crippen LogP contribution in [0.2, 0.25) is 0 Å². The summed E-state index contributed by atoms with van der Waals surface area (Å²) in [5.74, 6) is 0.813. The Labute approximate surface area is 202 Å². The fourth-order valence-corrected chi connectivity index (χ4v) is 11.7. The molecule has 5 saturated carbocycles. The van der Waals surface area contributed by atoms with E-state index in [0.717, 1.165) is 38.8 Å². The van der Waals surface area contributed by atoms with E-state index in [-0.39, 0.29) is 53.8 Å². The molecule has 2 heterocycles. The highest BCUT2D eigenvalue weighted by Gasteiger charge is 2.93. The maximum Gasteiger partial charge on any atom is 0.148 e. The lowest BCUT2D eigenvalue weighted by Gasteiger charge is -2.70. The van der Waals surface area contributed by atoms with Gasteiger partial charge in [-0.2, -0.15) is 0 Å². The Morgan fingerprint density at radius 1 is 1.09 bits per heavy atom. The predicted molar refractivity (Wildman–Crippen MR) is 121 cm³/mol. The van der Waals surface area contributed by atoms with Crippen molar-refractivity contribution in [3.05, 3.63) is 0 Å². The van der Waals surface area contributed by atoms with E-state index in [1.807, 2.05) is 21.3 Å². The first kappa shape index (κ1) is 22.8. The Bertz CT molecular complexity index is 859. The van der Waals surface area contributed by atoms with E-state index in [9.17, 15) is 5.11 Å². The number of methoxy groups -OCH3 is 4. The minimum atomic E-state index is -0.825. The van der Waals surface area contributed by atoms with Crippen molar-refractivity contribution in [1.82, 2.24) is 4.90 Å². The maximum absolute atomic E-state index is 12.6. The van der Waals surface area contributed by atoms with Gasteiger partial charge in [-0.05, 0) is 31.7 Å². The summed E-state index contributed by atoms with van der Waals surface area (Å²) < 4.78 is 38.3. The van der Waals surface area contributed by atoms with Gasteiger partial charge < -0.3 is 33.5 Å². The van der Waals surface area contributed by atoms with Gasteiger partial charge in [0.15, 0.2) is 0 Å². The molecule has 7 fully saturated rings. The van der Waals surface area contributed by atoms with Gasteiger partial charge in [0, 0.05) is 70.0 Å². The first-order chi connectivity index (χ1) is 16.5. The molecule has 192 valence electrons. The van der Waals surface area contributed by atoms with E-state index in [0.29, 0.717) is 18.4 Å². The molecule has 34 heavy (non-hydrogen) atoms. The van der Waals surface area contributed by atoms with E-state index >= 15 is 0 Å². The summed E-state index contributed by atoms with van der Waals surface area (Å²) in [6.07, 6.45) is 3.20. The van der Waals surface area contributed by atoms with Crippen LogP contribution in [0.15, 0.2) is 0 Å². The van der Waals surface area contributed by atoms with Gasteiger partial charge in [0.1, 0.15) is 18.0 Å². The van der Waals surface area contributed by atoms with Crippen molar-refractivity contribution < 1.29 is 33.5 Å². The molecule has 7 bridgehead atoms. The Morgan fingerprint density at radius 2 is 1.91 bits per heavy atom. The van der Waals surface area contributed by atoms with Crippen molar-refractivity contribution in [2.45, 2.75) is 74.3 Å². The highest BCUT2D eigenvalue weighted by atomic mass is 16.7. The Kier molecular flexibility index (Phi) is 4.81. The quantitative estimate of drug-likeness (QED) is 0.611. The molecular weight excluding hydrogens is 438 g/mol. The van der Waals surface area contributed by atoms with Crippen LogP contribution in [0, 0.1) is 34.5 Å². The number of hydrogen-bond acceptors (Lipinski definition) is 8. The molecular formula is C26H41NO7. The first-order valence-electron chi connectivity index (χ1n) is 13.2. The number of rotatable bonds is 6. The number of aliphatic hydroxyl groups is 1. The molecule has 0 aromatic rings. The zero-order valence-corrected chi connectivity index (χ0v) is 21.2. The van der Waals surface area contributed by atoms with Gasteiger partial charge in [-0.3, -0.25) is 4.90 Å². The van der Waals surface area contributed by atoms with Crippen LogP contribution >= 0.6 is 0 Å². The molecule has 7 rings (SSSR count). The fraction of sp³-hybridized carbons (Fsp3) is 1.00. The number of nitrogens with zero attached hydrogens (tertiary/aromatic N) is 1. The standard InChI is InChI=1S/C26H41NO7/c1-6-27-11-23(12-29-2)8-7-17(31-4)25-15-9-14-16(30-3)10-24(18(15)19(14)32-5)26(22(25)27,34-13-33-24)21(28)20(23)25/h14-22,28H,6-13H2,1-5H3/t14-,15-,16+,17+,18-,19+,20+,21+,22+,23+,24-,25+,26+/m1/s1. The van der Waals surface area contributed by atoms with Crippen LogP contribution in [0.1, 0.15) is 32.6 Å². The topological polar surface area (TPSA) is 78.9 Å². The van der Waals surface area contributed by atoms with E-state index in [1.165, 1.54) is 0 Å². The maximum atomic E-state index is 12.6. The number of hydrogen-bond donors (Lipinski definition) is 1. The minimum Gasteiger partial charge on any atom is -0.390 e. The van der Waals surface area contributed by atoms with Crippen LogP contribution in [0.3, 0.4) is 0 Å². The van der Waals surface area contributed by atoms with Crippen molar-refractivity contribution in [2.24, 2.45) is 34.5 Å². The normalized spacial score (nSPS) is 61.1. The molecule has 0 radical (unpaired) electrons. The second kappa shape index (κ2) is 7.16. The predicted octanol–water partition coefficient (Wildman–Crippen LogP) is 1.29. The largest absolute Gasteiger partial charge is 0.390 e. The fourth-order valence-electron chi connectivity index (χ4n) is 11.7. The van der Waals surface area contributed by atoms with Gasteiger partial charge in [-0.1, -0.05) is 6.92 Å². The van der Waals surface area contributed by atoms with E-state index < -0.39 is 17.3 Å². The van der Waals surface area contributed by atoms with Gasteiger partial charge in [0.25, 0.3) is 0 Å². The minimum absolute atomic E-state index is 0.0240. The molecule has 8 nitrogen and oxygen atoms in total. The van der Waals surface area contributed by atoms with Crippen molar-refractivity contribution >= 4 is 0 Å². The molecule has 0 aromatic carbocycles. The number of piperidine rings is 1. The number of ether oxygens (including phenoxy) is 6. The lowest BCUT2D eigenvalue weighted by molar-refractivity contribution is -0.287. The van der Waals surface area contributed by atoms with Crippen LogP contribution in [0.5, 0.6) is 0 Å². The molecule has 0 unspecified atom stereocenters. The molecule has 1 N–H and O–H groups in total. The molecule has 5 aliphatic carbocycles. The monoisotopic (exact) mass is 479 g/mol. The molecule has 0 aromatic heterocycles. The summed E-state index contributed by atoms with van der Waals surface area (Å²) in [5.41, 5.74) is -1.83. The van der Waals surface area contributed by atoms with E-state index in [1.54, 1.807) is 7.11 Å². The smallest absolute Gasteiger partial charge is 0.148 e. The average molecular weight is 480 g/mol. The lowest BCUT2D eigenvalue weighted by atomic mass is 9.42. The zero-order chi connectivity index (χ0) is 23.7. The summed E-state index contributed by atoms with van der Waals surface area (Å²) >= 11 is 0. The second-order valence-electron chi connectivity index (χ2n) is 12.2. The summed E-state index contributed by atoms with van der Waals surface area (Å²) in [6, 6.07) is 0.0378. The molecule has 2 saturated heterocycles. The number of aliphatic hydroxyl groups excluding tert-OH is 1. The van der Waals surface area contributed by atoms with Gasteiger partial charge >= 0.3 is 0 Å². The van der Waals surface area contributed by atoms with Gasteiger partial charge in [0.2, 0.25) is 0 Å². The Balaban J connectivity index is 1.55. The third-order valence-electron chi connectivity index (χ3n) is 12.0. The van der Waals surface area contributed by atoms with Crippen molar-refractivity contribution in [2.75, 3.05) is 54.9 Å². The van der Waals surface area contributed by atoms with E-state index in [2.05, 4.69) is 11.8 Å². The third kappa shape index (κ3) is 2.05. The summed E-state index contributed by atoms with van der Waals surface area (Å²) in [5, 5.41) is 12.6. The second-order valence-corrected chi connectivity index (χ2v) is 12.2. The van der Waals surface area contributed by atoms with Crippen LogP contribution in [0.25, 0.3) is 0 Å². The van der Waals surface area contributed by atoms with Gasteiger partial charge in [0.05, 0.1) is 37.1 Å². The summed E-state index contributed by atoms with van der Waals surface area (Å²) in [4.78, 5) is 2.61. The summed E-state index contributed by atoms with van der Waals surface area (Å²) in [6.45, 7) is 4.93. The number of likely N-dealkylation sites (N-methyl/N-ethyl adjacent to an activating group) is 1. The SMILES string of the molecule is CCN1C[C@]2(COC)CC[C@H](OC)[C@@]34[C@@H]5C[C@H]6[C@H](OC)[C@@H]5[C@@]5(C[C@@H]6OC)OCO[C@@]5([C@@H](O)[C@@H]23)[C@@H]14. The Morgan fingerprint density at radius 3 is 2.59 bits per heavy atom. The number of fused-ring (bicyclic) bond motifs is 1. The molecule has 0 amide bonds. The third-order valence-corrected chi connectivity index (χ3v) is 12.0. The van der Waals surface area contributed by atoms with Crippen LogP contribution in [-0.2, 0) is 28.4 Å². The van der Waals surface area contributed by atoms with Crippen molar-refractivity contribution in [1.29, 1.82) is 0 Å². The molecule has 2 aliphatic heterocycles.